The van der Waals surface area contributed by atoms with Gasteiger partial charge in [-0.25, -0.2) is 9.59 Å². The van der Waals surface area contributed by atoms with E-state index in [0.717, 1.165) is 31.2 Å². The molecule has 1 N–H and O–H groups in total. The van der Waals surface area contributed by atoms with Crippen LogP contribution < -0.4 is 0 Å². The monoisotopic (exact) mass is 406 g/mol. The molecule has 7 heteroatoms. The Morgan fingerprint density at radius 3 is 2.34 bits per heavy atom. The predicted molar refractivity (Wildman–Crippen MR) is 107 cm³/mol. The smallest absolute Gasteiger partial charge is 0.352 e. The van der Waals surface area contributed by atoms with Crippen molar-refractivity contribution < 1.29 is 33.7 Å². The number of carboxylic acid groups (broad SMARTS) is 1. The van der Waals surface area contributed by atoms with Gasteiger partial charge in [-0.2, -0.15) is 0 Å². The molecule has 0 aliphatic carbocycles. The maximum Gasteiger partial charge on any atom is 0.352 e. The Kier molecular flexibility index (Phi) is 11.3. The van der Waals surface area contributed by atoms with Crippen LogP contribution in [0.15, 0.2) is 36.4 Å². The summed E-state index contributed by atoms with van der Waals surface area (Å²) in [6.07, 6.45) is 2.49. The van der Waals surface area contributed by atoms with Crippen molar-refractivity contribution in [1.29, 1.82) is 0 Å². The van der Waals surface area contributed by atoms with Gasteiger partial charge in [0.2, 0.25) is 6.10 Å². The highest BCUT2D eigenvalue weighted by molar-refractivity contribution is 5.94. The Morgan fingerprint density at radius 1 is 1.03 bits per heavy atom. The van der Waals surface area contributed by atoms with Gasteiger partial charge in [0.1, 0.15) is 6.61 Å². The molecule has 0 amide bonds. The van der Waals surface area contributed by atoms with E-state index in [-0.39, 0.29) is 18.8 Å². The maximum atomic E-state index is 12.5. The van der Waals surface area contributed by atoms with Gasteiger partial charge in [0, 0.05) is 17.7 Å². The molecule has 1 aromatic rings. The van der Waals surface area contributed by atoms with E-state index in [0.29, 0.717) is 12.2 Å². The number of ether oxygens (including phenoxy) is 3. The van der Waals surface area contributed by atoms with Gasteiger partial charge in [-0.05, 0) is 13.3 Å². The van der Waals surface area contributed by atoms with Gasteiger partial charge < -0.3 is 19.3 Å². The van der Waals surface area contributed by atoms with Gasteiger partial charge in [-0.1, -0.05) is 62.6 Å². The highest BCUT2D eigenvalue weighted by Gasteiger charge is 2.28. The Balaban J connectivity index is 2.62. The largest absolute Gasteiger partial charge is 0.481 e. The highest BCUT2D eigenvalue weighted by Crippen LogP contribution is 2.22. The van der Waals surface area contributed by atoms with Crippen LogP contribution in [-0.2, 0) is 28.6 Å². The van der Waals surface area contributed by atoms with Crippen LogP contribution in [0.2, 0.25) is 0 Å². The minimum atomic E-state index is -1.31. The first-order chi connectivity index (χ1) is 13.8. The van der Waals surface area contributed by atoms with E-state index < -0.39 is 30.4 Å². The van der Waals surface area contributed by atoms with Crippen molar-refractivity contribution in [2.45, 2.75) is 52.1 Å². The van der Waals surface area contributed by atoms with Gasteiger partial charge in [0.05, 0.1) is 13.0 Å². The summed E-state index contributed by atoms with van der Waals surface area (Å²) in [6, 6.07) is 6.85. The molecule has 29 heavy (non-hydrogen) atoms. The predicted octanol–water partition coefficient (Wildman–Crippen LogP) is 3.75. The average molecular weight is 406 g/mol. The molecular weight excluding hydrogens is 376 g/mol. The van der Waals surface area contributed by atoms with Gasteiger partial charge in [-0.15, -0.1) is 0 Å². The number of hydrogen-bond donors (Lipinski definition) is 1. The lowest BCUT2D eigenvalue weighted by Gasteiger charge is -2.18. The number of aryl methyl sites for hydroxylation is 1. The van der Waals surface area contributed by atoms with Gasteiger partial charge in [0.15, 0.2) is 0 Å². The maximum absolute atomic E-state index is 12.5. The Morgan fingerprint density at radius 2 is 1.72 bits per heavy atom. The molecule has 1 aromatic carbocycles. The summed E-state index contributed by atoms with van der Waals surface area (Å²) in [4.78, 5) is 35.4. The molecule has 1 unspecified atom stereocenters. The minimum Gasteiger partial charge on any atom is -0.481 e. The molecule has 0 spiro atoms. The summed E-state index contributed by atoms with van der Waals surface area (Å²) in [6.45, 7) is 8.30. The summed E-state index contributed by atoms with van der Waals surface area (Å²) >= 11 is 0. The number of hydrogen-bond acceptors (Lipinski definition) is 6. The lowest BCUT2D eigenvalue weighted by Crippen LogP contribution is -2.24. The van der Waals surface area contributed by atoms with E-state index in [4.69, 9.17) is 19.3 Å². The number of unbranched alkanes of at least 4 members (excludes halogenated alkanes) is 3. The van der Waals surface area contributed by atoms with Crippen LogP contribution in [0, 0.1) is 6.92 Å². The third kappa shape index (κ3) is 9.89. The van der Waals surface area contributed by atoms with Crippen molar-refractivity contribution in [2.24, 2.45) is 0 Å². The molecule has 0 saturated carbocycles. The van der Waals surface area contributed by atoms with Crippen LogP contribution in [0.4, 0.5) is 0 Å². The second-order valence-corrected chi connectivity index (χ2v) is 6.71. The first-order valence-corrected chi connectivity index (χ1v) is 9.76. The molecule has 1 atom stereocenters. The molecule has 0 fully saturated rings. The standard InChI is InChI=1S/C22H30O7/c1-4-5-6-7-12-27-13-14-28-22(26)20(18-10-8-16(2)9-11-18)29-21(25)17(3)15-19(23)24/h8-11,20H,3-7,12-15H2,1-2H3,(H,23,24). The SMILES string of the molecule is C=C(CC(=O)O)C(=O)OC(C(=O)OCCOCCCCCC)c1ccc(C)cc1. The first kappa shape index (κ1) is 24.4. The highest BCUT2D eigenvalue weighted by atomic mass is 16.6. The Hall–Kier alpha value is -2.67. The number of carbonyl (C=O) groups excluding carboxylic acids is 2. The van der Waals surface area contributed by atoms with E-state index in [2.05, 4.69) is 13.5 Å². The molecule has 0 aliphatic rings. The van der Waals surface area contributed by atoms with Gasteiger partial charge in [-0.3, -0.25) is 4.79 Å². The number of rotatable bonds is 14. The van der Waals surface area contributed by atoms with Crippen molar-refractivity contribution in [1.82, 2.24) is 0 Å². The second-order valence-electron chi connectivity index (χ2n) is 6.71. The van der Waals surface area contributed by atoms with E-state index in [1.54, 1.807) is 24.3 Å². The van der Waals surface area contributed by atoms with Crippen molar-refractivity contribution in [3.8, 4) is 0 Å². The molecule has 0 aliphatic heterocycles. The quantitative estimate of drug-likeness (QED) is 0.285. The van der Waals surface area contributed by atoms with Crippen LogP contribution >= 0.6 is 0 Å². The minimum absolute atomic E-state index is 0.0304. The van der Waals surface area contributed by atoms with Crippen LogP contribution in [0.25, 0.3) is 0 Å². The summed E-state index contributed by atoms with van der Waals surface area (Å²) in [5.74, 6) is -2.92. The van der Waals surface area contributed by atoms with E-state index >= 15 is 0 Å². The van der Waals surface area contributed by atoms with Crippen LogP contribution in [-0.4, -0.2) is 42.8 Å². The van der Waals surface area contributed by atoms with Gasteiger partial charge in [0.25, 0.3) is 0 Å². The van der Waals surface area contributed by atoms with Crippen molar-refractivity contribution in [3.05, 3.63) is 47.5 Å². The normalized spacial score (nSPS) is 11.5. The van der Waals surface area contributed by atoms with E-state index in [9.17, 15) is 14.4 Å². The molecule has 0 bridgehead atoms. The topological polar surface area (TPSA) is 99.1 Å². The lowest BCUT2D eigenvalue weighted by atomic mass is 10.1. The molecular formula is C22H30O7. The van der Waals surface area contributed by atoms with Crippen LogP contribution in [0.1, 0.15) is 56.3 Å². The fraction of sp³-hybridized carbons (Fsp3) is 0.500. The summed E-state index contributed by atoms with van der Waals surface area (Å²) < 4.78 is 15.8. The second kappa shape index (κ2) is 13.5. The molecule has 1 rings (SSSR count). The van der Waals surface area contributed by atoms with Crippen molar-refractivity contribution >= 4 is 17.9 Å². The summed E-state index contributed by atoms with van der Waals surface area (Å²) in [5, 5.41) is 8.78. The van der Waals surface area contributed by atoms with E-state index in [1.807, 2.05) is 6.92 Å². The average Bonchev–Trinajstić information content (AvgIpc) is 2.68. The zero-order valence-electron chi connectivity index (χ0n) is 17.1. The van der Waals surface area contributed by atoms with Gasteiger partial charge >= 0.3 is 17.9 Å². The van der Waals surface area contributed by atoms with Crippen molar-refractivity contribution in [3.63, 3.8) is 0 Å². The molecule has 0 aromatic heterocycles. The third-order valence-corrected chi connectivity index (χ3v) is 4.09. The van der Waals surface area contributed by atoms with Crippen LogP contribution in [0.5, 0.6) is 0 Å². The first-order valence-electron chi connectivity index (χ1n) is 9.76. The zero-order valence-corrected chi connectivity index (χ0v) is 17.1. The van der Waals surface area contributed by atoms with Crippen molar-refractivity contribution in [2.75, 3.05) is 19.8 Å². The number of benzene rings is 1. The number of carbonyl (C=O) groups is 3. The third-order valence-electron chi connectivity index (χ3n) is 4.09. The molecule has 0 saturated heterocycles. The molecule has 0 heterocycles. The summed E-state index contributed by atoms with van der Waals surface area (Å²) in [7, 11) is 0. The number of carboxylic acids is 1. The summed E-state index contributed by atoms with van der Waals surface area (Å²) in [5.41, 5.74) is 1.15. The lowest BCUT2D eigenvalue weighted by molar-refractivity contribution is -0.167. The Bertz CT molecular complexity index is 679. The number of aliphatic carboxylic acids is 1. The zero-order chi connectivity index (χ0) is 21.6. The molecule has 7 nitrogen and oxygen atoms in total. The Labute approximate surface area is 171 Å². The fourth-order valence-electron chi connectivity index (χ4n) is 2.45. The molecule has 0 radical (unpaired) electrons. The molecule has 160 valence electrons. The van der Waals surface area contributed by atoms with Crippen LogP contribution in [0.3, 0.4) is 0 Å². The van der Waals surface area contributed by atoms with E-state index in [1.165, 1.54) is 0 Å². The number of esters is 2. The fourth-order valence-corrected chi connectivity index (χ4v) is 2.45.